The van der Waals surface area contributed by atoms with Crippen LogP contribution in [-0.4, -0.2) is 27.2 Å². The molecule has 0 aliphatic carbocycles. The van der Waals surface area contributed by atoms with E-state index in [9.17, 15) is 10.0 Å². The third-order valence-electron chi connectivity index (χ3n) is 2.93. The van der Waals surface area contributed by atoms with Gasteiger partial charge >= 0.3 is 5.97 Å². The van der Waals surface area contributed by atoms with Crippen LogP contribution in [-0.2, 0) is 10.0 Å². The Balaban J connectivity index is 3.00. The number of aliphatic carboxylic acids is 1. The number of hydrogen-bond acceptors (Lipinski definition) is 2. The molecule has 0 aromatic rings. The van der Waals surface area contributed by atoms with E-state index in [1.54, 1.807) is 27.7 Å². The summed E-state index contributed by atoms with van der Waals surface area (Å²) in [6.45, 7) is 6.94. The van der Waals surface area contributed by atoms with E-state index >= 15 is 0 Å². The minimum Gasteiger partial charge on any atom is -0.481 e. The van der Waals surface area contributed by atoms with Gasteiger partial charge in [-0.1, -0.05) is 0 Å². The first-order chi connectivity index (χ1) is 5.69. The second-order valence-corrected chi connectivity index (χ2v) is 4.86. The summed E-state index contributed by atoms with van der Waals surface area (Å²) in [4.78, 5) is 10.9. The molecule has 1 atom stereocenters. The topological polar surface area (TPSA) is 60.4 Å². The molecule has 13 heavy (non-hydrogen) atoms. The van der Waals surface area contributed by atoms with Crippen molar-refractivity contribution in [3.63, 3.8) is 0 Å². The van der Waals surface area contributed by atoms with Gasteiger partial charge in [0, 0.05) is 5.54 Å². The number of hydroxylamine groups is 2. The molecular formula is C9H16NO3. The fraction of sp³-hybridized carbons (Fsp3) is 0.889. The van der Waals surface area contributed by atoms with Crippen LogP contribution in [0.2, 0.25) is 0 Å². The van der Waals surface area contributed by atoms with Gasteiger partial charge in [-0.3, -0.25) is 4.79 Å². The average Bonchev–Trinajstić information content (AvgIpc) is 2.11. The van der Waals surface area contributed by atoms with E-state index in [1.165, 1.54) is 0 Å². The van der Waals surface area contributed by atoms with E-state index in [0.29, 0.717) is 6.42 Å². The van der Waals surface area contributed by atoms with Crippen molar-refractivity contribution in [1.29, 1.82) is 0 Å². The summed E-state index contributed by atoms with van der Waals surface area (Å²) in [5, 5.41) is 21.6. The minimum absolute atomic E-state index is 0.416. The first-order valence-corrected chi connectivity index (χ1v) is 4.40. The lowest BCUT2D eigenvalue weighted by atomic mass is 9.87. The number of carbonyl (C=O) groups is 1. The molecule has 0 aromatic heterocycles. The molecule has 0 spiro atoms. The molecule has 0 unspecified atom stereocenters. The number of rotatable bonds is 1. The van der Waals surface area contributed by atoms with Crippen molar-refractivity contribution in [2.45, 2.75) is 45.2 Å². The van der Waals surface area contributed by atoms with Gasteiger partial charge in [0.2, 0.25) is 0 Å². The fourth-order valence-corrected chi connectivity index (χ4v) is 2.14. The summed E-state index contributed by atoms with van der Waals surface area (Å²) < 4.78 is 0. The lowest BCUT2D eigenvalue weighted by molar-refractivity contribution is -0.248. The summed E-state index contributed by atoms with van der Waals surface area (Å²) in [7, 11) is 0. The Kier molecular flexibility index (Phi) is 2.16. The normalized spacial score (nSPS) is 31.9. The fourth-order valence-electron chi connectivity index (χ4n) is 2.14. The maximum Gasteiger partial charge on any atom is 0.308 e. The number of carboxylic acid groups (broad SMARTS) is 1. The Morgan fingerprint density at radius 3 is 2.00 bits per heavy atom. The van der Waals surface area contributed by atoms with Gasteiger partial charge in [-0.15, -0.1) is 10.3 Å². The maximum absolute atomic E-state index is 11.7. The number of carboxylic acids is 1. The Bertz CT molecular complexity index is 235. The van der Waals surface area contributed by atoms with Gasteiger partial charge in [-0.2, -0.15) is 0 Å². The van der Waals surface area contributed by atoms with Crippen molar-refractivity contribution in [2.24, 2.45) is 5.92 Å². The van der Waals surface area contributed by atoms with Crippen molar-refractivity contribution in [1.82, 2.24) is 5.06 Å². The second kappa shape index (κ2) is 2.69. The zero-order valence-electron chi connectivity index (χ0n) is 8.50. The Labute approximate surface area is 78.1 Å². The van der Waals surface area contributed by atoms with Crippen LogP contribution in [0, 0.1) is 5.92 Å². The first-order valence-electron chi connectivity index (χ1n) is 4.40. The van der Waals surface area contributed by atoms with Crippen LogP contribution in [0.4, 0.5) is 0 Å². The highest BCUT2D eigenvalue weighted by Crippen LogP contribution is 2.43. The predicted molar refractivity (Wildman–Crippen MR) is 46.4 cm³/mol. The molecule has 1 aliphatic heterocycles. The van der Waals surface area contributed by atoms with Gasteiger partial charge in [0.1, 0.15) is 0 Å². The molecule has 0 bridgehead atoms. The number of hydrogen-bond donors (Lipinski definition) is 1. The highest BCUT2D eigenvalue weighted by molar-refractivity contribution is 5.72. The number of nitrogens with zero attached hydrogens (tertiary/aromatic N) is 1. The van der Waals surface area contributed by atoms with Gasteiger partial charge in [-0.05, 0) is 34.1 Å². The Morgan fingerprint density at radius 2 is 1.85 bits per heavy atom. The van der Waals surface area contributed by atoms with Crippen LogP contribution >= 0.6 is 0 Å². The van der Waals surface area contributed by atoms with E-state index < -0.39 is 23.0 Å². The van der Waals surface area contributed by atoms with E-state index in [0.717, 1.165) is 5.06 Å². The minimum atomic E-state index is -0.878. The molecule has 1 fully saturated rings. The van der Waals surface area contributed by atoms with Crippen molar-refractivity contribution in [2.75, 3.05) is 0 Å². The lowest BCUT2D eigenvalue weighted by Crippen LogP contribution is -2.47. The van der Waals surface area contributed by atoms with Gasteiger partial charge in [0.05, 0.1) is 11.5 Å². The lowest BCUT2D eigenvalue weighted by Gasteiger charge is -2.32. The molecule has 0 saturated carbocycles. The Morgan fingerprint density at radius 1 is 1.38 bits per heavy atom. The standard InChI is InChI=1S/C9H16NO3/c1-8(2)5-6(7(11)12)9(3,4)10(8)13/h6H,5H2,1-4H3,(H,11,12)/t6-/m1/s1. The molecule has 0 aromatic carbocycles. The molecule has 1 heterocycles. The third-order valence-corrected chi connectivity index (χ3v) is 2.93. The molecule has 1 saturated heterocycles. The van der Waals surface area contributed by atoms with Crippen molar-refractivity contribution >= 4 is 5.97 Å². The maximum atomic E-state index is 11.7. The highest BCUT2D eigenvalue weighted by Gasteiger charge is 2.55. The average molecular weight is 186 g/mol. The molecule has 1 N–H and O–H groups in total. The summed E-state index contributed by atoms with van der Waals surface area (Å²) in [5.74, 6) is -1.45. The van der Waals surface area contributed by atoms with E-state index in [2.05, 4.69) is 0 Å². The zero-order valence-corrected chi connectivity index (χ0v) is 8.50. The van der Waals surface area contributed by atoms with E-state index in [-0.39, 0.29) is 0 Å². The highest BCUT2D eigenvalue weighted by atomic mass is 16.5. The molecule has 1 aliphatic rings. The smallest absolute Gasteiger partial charge is 0.308 e. The van der Waals surface area contributed by atoms with Gasteiger partial charge in [-0.25, -0.2) is 0 Å². The van der Waals surface area contributed by atoms with Crippen LogP contribution < -0.4 is 0 Å². The van der Waals surface area contributed by atoms with E-state index in [1.807, 2.05) is 0 Å². The summed E-state index contributed by atoms with van der Waals surface area (Å²) >= 11 is 0. The summed E-state index contributed by atoms with van der Waals surface area (Å²) in [6, 6.07) is 0. The van der Waals surface area contributed by atoms with Crippen LogP contribution in [0.3, 0.4) is 0 Å². The molecule has 0 amide bonds. The van der Waals surface area contributed by atoms with Crippen LogP contribution in [0.25, 0.3) is 0 Å². The third kappa shape index (κ3) is 1.44. The van der Waals surface area contributed by atoms with Gasteiger partial charge in [0.25, 0.3) is 0 Å². The van der Waals surface area contributed by atoms with Crippen LogP contribution in [0.15, 0.2) is 0 Å². The first kappa shape index (κ1) is 10.5. The summed E-state index contributed by atoms with van der Waals surface area (Å²) in [5.41, 5.74) is -1.36. The SMILES string of the molecule is CC1(C)C[C@H](C(=O)O)C(C)(C)N1[O]. The van der Waals surface area contributed by atoms with Crippen molar-refractivity contribution < 1.29 is 15.1 Å². The zero-order chi connectivity index (χ0) is 10.4. The molecule has 1 radical (unpaired) electrons. The van der Waals surface area contributed by atoms with E-state index in [4.69, 9.17) is 5.11 Å². The van der Waals surface area contributed by atoms with Crippen LogP contribution in [0.1, 0.15) is 34.1 Å². The summed E-state index contributed by atoms with van der Waals surface area (Å²) in [6.07, 6.45) is 0.416. The molecular weight excluding hydrogens is 170 g/mol. The van der Waals surface area contributed by atoms with Crippen LogP contribution in [0.5, 0.6) is 0 Å². The molecule has 1 rings (SSSR count). The molecule has 4 nitrogen and oxygen atoms in total. The Hall–Kier alpha value is -0.610. The van der Waals surface area contributed by atoms with Gasteiger partial charge < -0.3 is 5.11 Å². The monoisotopic (exact) mass is 186 g/mol. The van der Waals surface area contributed by atoms with Crippen molar-refractivity contribution in [3.05, 3.63) is 0 Å². The molecule has 4 heteroatoms. The predicted octanol–water partition coefficient (Wildman–Crippen LogP) is 1.30. The quantitative estimate of drug-likeness (QED) is 0.671. The second-order valence-electron chi connectivity index (χ2n) is 4.86. The molecule has 75 valence electrons. The van der Waals surface area contributed by atoms with Crippen molar-refractivity contribution in [3.8, 4) is 0 Å². The van der Waals surface area contributed by atoms with Gasteiger partial charge in [0.15, 0.2) is 0 Å². The largest absolute Gasteiger partial charge is 0.481 e.